The van der Waals surface area contributed by atoms with E-state index in [2.05, 4.69) is 5.32 Å². The number of amides is 1. The van der Waals surface area contributed by atoms with Crippen molar-refractivity contribution in [1.82, 2.24) is 5.32 Å². The van der Waals surface area contributed by atoms with Crippen molar-refractivity contribution in [2.45, 2.75) is 19.4 Å². The zero-order chi connectivity index (χ0) is 12.8. The molecular formula is C12H18N2O3. The summed E-state index contributed by atoms with van der Waals surface area (Å²) < 4.78 is 5.08. The number of carbonyl (C=O) groups excluding carboxylic acids is 1. The van der Waals surface area contributed by atoms with Crippen LogP contribution in [0.3, 0.4) is 0 Å². The predicted octanol–water partition coefficient (Wildman–Crippen LogP) is 0.778. The highest BCUT2D eigenvalue weighted by molar-refractivity contribution is 5.97. The van der Waals surface area contributed by atoms with E-state index in [4.69, 9.17) is 15.6 Å². The molecule has 1 aromatic carbocycles. The average Bonchev–Trinajstić information content (AvgIpc) is 2.28. The van der Waals surface area contributed by atoms with Gasteiger partial charge in [-0.25, -0.2) is 0 Å². The van der Waals surface area contributed by atoms with Crippen LogP contribution in [0.25, 0.3) is 0 Å². The van der Waals surface area contributed by atoms with Gasteiger partial charge >= 0.3 is 0 Å². The van der Waals surface area contributed by atoms with Crippen LogP contribution in [0.1, 0.15) is 23.7 Å². The molecule has 0 aliphatic heterocycles. The Labute approximate surface area is 101 Å². The Kier molecular flexibility index (Phi) is 4.78. The summed E-state index contributed by atoms with van der Waals surface area (Å²) >= 11 is 0. The lowest BCUT2D eigenvalue weighted by atomic mass is 10.1. The van der Waals surface area contributed by atoms with Crippen LogP contribution in [0, 0.1) is 0 Å². The monoisotopic (exact) mass is 238 g/mol. The molecule has 0 heterocycles. The quantitative estimate of drug-likeness (QED) is 0.662. The first-order chi connectivity index (χ1) is 8.04. The number of nitrogens with two attached hydrogens (primary N) is 1. The maximum absolute atomic E-state index is 11.8. The standard InChI is InChI=1S/C12H18N2O3/c1-8(15)5-6-14-12(16)10-7-9(13)3-4-11(10)17-2/h3-4,7-8,15H,5-6,13H2,1-2H3,(H,14,16). The van der Waals surface area contributed by atoms with Crippen LogP contribution in [0.15, 0.2) is 18.2 Å². The summed E-state index contributed by atoms with van der Waals surface area (Å²) in [5, 5.41) is 11.8. The number of nitrogen functional groups attached to an aromatic ring is 1. The summed E-state index contributed by atoms with van der Waals surface area (Å²) in [6.45, 7) is 2.09. The largest absolute Gasteiger partial charge is 0.496 e. The van der Waals surface area contributed by atoms with Crippen LogP contribution in [0.2, 0.25) is 0 Å². The Bertz CT molecular complexity index is 391. The number of anilines is 1. The van der Waals surface area contributed by atoms with Crippen molar-refractivity contribution in [1.29, 1.82) is 0 Å². The minimum Gasteiger partial charge on any atom is -0.496 e. The third-order valence-electron chi connectivity index (χ3n) is 2.32. The molecule has 0 radical (unpaired) electrons. The molecule has 0 aliphatic rings. The first-order valence-corrected chi connectivity index (χ1v) is 5.44. The van der Waals surface area contributed by atoms with E-state index in [0.29, 0.717) is 30.0 Å². The SMILES string of the molecule is COc1ccc(N)cc1C(=O)NCCC(C)O. The zero-order valence-electron chi connectivity index (χ0n) is 10.1. The molecule has 1 amide bonds. The van der Waals surface area contributed by atoms with Crippen LogP contribution < -0.4 is 15.8 Å². The minimum absolute atomic E-state index is 0.255. The van der Waals surface area contributed by atoms with Gasteiger partial charge in [0.25, 0.3) is 5.91 Å². The number of hydrogen-bond donors (Lipinski definition) is 3. The molecule has 0 bridgehead atoms. The van der Waals surface area contributed by atoms with E-state index in [1.54, 1.807) is 25.1 Å². The molecule has 1 atom stereocenters. The van der Waals surface area contributed by atoms with Crippen LogP contribution in [0.4, 0.5) is 5.69 Å². The first-order valence-electron chi connectivity index (χ1n) is 5.44. The molecule has 1 rings (SSSR count). The van der Waals surface area contributed by atoms with Gasteiger partial charge in [0.15, 0.2) is 0 Å². The Hall–Kier alpha value is -1.75. The van der Waals surface area contributed by atoms with E-state index in [1.165, 1.54) is 7.11 Å². The molecule has 17 heavy (non-hydrogen) atoms. The average molecular weight is 238 g/mol. The lowest BCUT2D eigenvalue weighted by Gasteiger charge is -2.10. The smallest absolute Gasteiger partial charge is 0.255 e. The number of nitrogens with one attached hydrogen (secondary N) is 1. The van der Waals surface area contributed by atoms with Gasteiger partial charge in [0, 0.05) is 12.2 Å². The molecule has 0 spiro atoms. The summed E-state index contributed by atoms with van der Waals surface area (Å²) in [6.07, 6.45) is 0.0779. The second-order valence-corrected chi connectivity index (χ2v) is 3.85. The topological polar surface area (TPSA) is 84.6 Å². The van der Waals surface area contributed by atoms with E-state index < -0.39 is 6.10 Å². The Balaban J connectivity index is 2.70. The predicted molar refractivity (Wildman–Crippen MR) is 66.0 cm³/mol. The molecule has 0 aromatic heterocycles. The number of aliphatic hydroxyl groups excluding tert-OH is 1. The second-order valence-electron chi connectivity index (χ2n) is 3.85. The van der Waals surface area contributed by atoms with Gasteiger partial charge in [-0.2, -0.15) is 0 Å². The summed E-state index contributed by atoms with van der Waals surface area (Å²) in [5.41, 5.74) is 6.53. The molecule has 1 aromatic rings. The first kappa shape index (κ1) is 13.3. The molecular weight excluding hydrogens is 220 g/mol. The minimum atomic E-state index is -0.432. The van der Waals surface area contributed by atoms with Crippen molar-refractivity contribution in [3.63, 3.8) is 0 Å². The Morgan fingerprint density at radius 3 is 2.88 bits per heavy atom. The number of aliphatic hydroxyl groups is 1. The second kappa shape index (κ2) is 6.10. The van der Waals surface area contributed by atoms with E-state index in [-0.39, 0.29) is 5.91 Å². The highest BCUT2D eigenvalue weighted by atomic mass is 16.5. The van der Waals surface area contributed by atoms with Crippen molar-refractivity contribution in [2.24, 2.45) is 0 Å². The van der Waals surface area contributed by atoms with E-state index in [9.17, 15) is 4.79 Å². The normalized spacial score (nSPS) is 11.9. The number of methoxy groups -OCH3 is 1. The van der Waals surface area contributed by atoms with Gasteiger partial charge in [-0.15, -0.1) is 0 Å². The zero-order valence-corrected chi connectivity index (χ0v) is 10.1. The highest BCUT2D eigenvalue weighted by Crippen LogP contribution is 2.20. The van der Waals surface area contributed by atoms with Gasteiger partial charge in [0.2, 0.25) is 0 Å². The van der Waals surface area contributed by atoms with Crippen molar-refractivity contribution in [3.05, 3.63) is 23.8 Å². The van der Waals surface area contributed by atoms with Gasteiger partial charge in [-0.1, -0.05) is 0 Å². The highest BCUT2D eigenvalue weighted by Gasteiger charge is 2.12. The molecule has 0 saturated carbocycles. The van der Waals surface area contributed by atoms with E-state index >= 15 is 0 Å². The van der Waals surface area contributed by atoms with Gasteiger partial charge < -0.3 is 20.9 Å². The van der Waals surface area contributed by atoms with Gasteiger partial charge in [-0.3, -0.25) is 4.79 Å². The lowest BCUT2D eigenvalue weighted by Crippen LogP contribution is -2.27. The van der Waals surface area contributed by atoms with E-state index in [0.717, 1.165) is 0 Å². The molecule has 0 fully saturated rings. The molecule has 1 unspecified atom stereocenters. The molecule has 0 aliphatic carbocycles. The molecule has 5 nitrogen and oxygen atoms in total. The maximum atomic E-state index is 11.8. The Morgan fingerprint density at radius 1 is 1.59 bits per heavy atom. The van der Waals surface area contributed by atoms with Gasteiger partial charge in [0.1, 0.15) is 5.75 Å². The van der Waals surface area contributed by atoms with Crippen molar-refractivity contribution >= 4 is 11.6 Å². The van der Waals surface area contributed by atoms with Gasteiger partial charge in [0.05, 0.1) is 18.8 Å². The third kappa shape index (κ3) is 3.96. The number of ether oxygens (including phenoxy) is 1. The van der Waals surface area contributed by atoms with Crippen molar-refractivity contribution < 1.29 is 14.6 Å². The fourth-order valence-corrected chi connectivity index (χ4v) is 1.39. The summed E-state index contributed by atoms with van der Waals surface area (Å²) in [6, 6.07) is 4.89. The molecule has 5 heteroatoms. The van der Waals surface area contributed by atoms with Crippen LogP contribution in [0.5, 0.6) is 5.75 Å². The third-order valence-corrected chi connectivity index (χ3v) is 2.32. The van der Waals surface area contributed by atoms with Crippen LogP contribution in [-0.4, -0.2) is 30.8 Å². The fourth-order valence-electron chi connectivity index (χ4n) is 1.39. The number of benzene rings is 1. The van der Waals surface area contributed by atoms with Crippen LogP contribution in [-0.2, 0) is 0 Å². The number of rotatable bonds is 5. The van der Waals surface area contributed by atoms with Gasteiger partial charge in [-0.05, 0) is 31.5 Å². The summed E-state index contributed by atoms with van der Waals surface area (Å²) in [4.78, 5) is 11.8. The van der Waals surface area contributed by atoms with Crippen molar-refractivity contribution in [3.8, 4) is 5.75 Å². The fraction of sp³-hybridized carbons (Fsp3) is 0.417. The number of carbonyl (C=O) groups is 1. The Morgan fingerprint density at radius 2 is 2.29 bits per heavy atom. The molecule has 94 valence electrons. The van der Waals surface area contributed by atoms with E-state index in [1.807, 2.05) is 0 Å². The van der Waals surface area contributed by atoms with Crippen LogP contribution >= 0.6 is 0 Å². The van der Waals surface area contributed by atoms with Crippen molar-refractivity contribution in [2.75, 3.05) is 19.4 Å². The lowest BCUT2D eigenvalue weighted by molar-refractivity contribution is 0.0942. The maximum Gasteiger partial charge on any atom is 0.255 e. The summed E-state index contributed by atoms with van der Waals surface area (Å²) in [5.74, 6) is 0.226. The summed E-state index contributed by atoms with van der Waals surface area (Å²) in [7, 11) is 1.50. The molecule has 4 N–H and O–H groups in total. The molecule has 0 saturated heterocycles. The number of hydrogen-bond acceptors (Lipinski definition) is 4.